The summed E-state index contributed by atoms with van der Waals surface area (Å²) in [6.45, 7) is 0. The van der Waals surface area contributed by atoms with Crippen molar-refractivity contribution >= 4 is 23.2 Å². The Morgan fingerprint density at radius 1 is 0.800 bits per heavy atom. The fourth-order valence-corrected chi connectivity index (χ4v) is 2.87. The summed E-state index contributed by atoms with van der Waals surface area (Å²) in [5, 5.41) is 8.62. The van der Waals surface area contributed by atoms with E-state index in [-0.39, 0.29) is 0 Å². The van der Waals surface area contributed by atoms with Crippen molar-refractivity contribution in [2.24, 2.45) is 0 Å². The first-order chi connectivity index (χ1) is 12.3. The number of benzene rings is 2. The molecule has 2 aromatic carbocycles. The third-order valence-corrected chi connectivity index (χ3v) is 4.11. The van der Waals surface area contributed by atoms with E-state index in [1.807, 2.05) is 83.5 Å². The molecule has 0 radical (unpaired) electrons. The van der Waals surface area contributed by atoms with Crippen LogP contribution in [0.15, 0.2) is 85.1 Å². The molecule has 0 saturated carbocycles. The normalized spacial score (nSPS) is 10.6. The number of halogens is 1. The predicted molar refractivity (Wildman–Crippen MR) is 102 cm³/mol. The van der Waals surface area contributed by atoms with Gasteiger partial charge in [-0.1, -0.05) is 54.1 Å². The number of rotatable bonds is 4. The van der Waals surface area contributed by atoms with E-state index >= 15 is 0 Å². The molecule has 0 aliphatic rings. The molecule has 0 atom stereocenters. The van der Waals surface area contributed by atoms with Gasteiger partial charge in [-0.2, -0.15) is 0 Å². The van der Waals surface area contributed by atoms with Crippen molar-refractivity contribution in [3.05, 3.63) is 90.1 Å². The second-order valence-corrected chi connectivity index (χ2v) is 5.89. The Morgan fingerprint density at radius 2 is 1.56 bits per heavy atom. The number of anilines is 2. The molecule has 122 valence electrons. The predicted octanol–water partition coefficient (Wildman–Crippen LogP) is 5.33. The number of pyridine rings is 1. The van der Waals surface area contributed by atoms with Crippen LogP contribution in [-0.4, -0.2) is 14.8 Å². The molecule has 0 amide bonds. The Kier molecular flexibility index (Phi) is 4.19. The van der Waals surface area contributed by atoms with Gasteiger partial charge in [0.15, 0.2) is 5.82 Å². The van der Waals surface area contributed by atoms with Crippen molar-refractivity contribution in [1.29, 1.82) is 0 Å². The average Bonchev–Trinajstić information content (AvgIpc) is 3.07. The highest BCUT2D eigenvalue weighted by Crippen LogP contribution is 2.31. The summed E-state index contributed by atoms with van der Waals surface area (Å²) in [4.78, 5) is 4.29. The quantitative estimate of drug-likeness (QED) is 0.543. The molecule has 0 aliphatic heterocycles. The lowest BCUT2D eigenvalue weighted by Crippen LogP contribution is -2.00. The van der Waals surface area contributed by atoms with Crippen molar-refractivity contribution in [1.82, 2.24) is 14.8 Å². The first-order valence-corrected chi connectivity index (χ1v) is 8.27. The van der Waals surface area contributed by atoms with Gasteiger partial charge in [0.2, 0.25) is 0 Å². The third-order valence-electron chi connectivity index (χ3n) is 3.78. The highest BCUT2D eigenvalue weighted by atomic mass is 35.5. The van der Waals surface area contributed by atoms with Gasteiger partial charge in [-0.25, -0.2) is 9.67 Å². The minimum Gasteiger partial charge on any atom is -0.323 e. The van der Waals surface area contributed by atoms with Crippen LogP contribution in [0.2, 0.25) is 5.02 Å². The molecule has 0 fully saturated rings. The van der Waals surface area contributed by atoms with E-state index in [4.69, 9.17) is 16.7 Å². The zero-order valence-corrected chi connectivity index (χ0v) is 14.1. The van der Waals surface area contributed by atoms with Crippen LogP contribution in [-0.2, 0) is 0 Å². The van der Waals surface area contributed by atoms with Gasteiger partial charge in [0.25, 0.3) is 0 Å². The minimum absolute atomic E-state index is 0.684. The van der Waals surface area contributed by atoms with E-state index in [0.717, 1.165) is 22.8 Å². The Morgan fingerprint density at radius 3 is 2.32 bits per heavy atom. The van der Waals surface area contributed by atoms with Crippen LogP contribution < -0.4 is 5.32 Å². The maximum Gasteiger partial charge on any atom is 0.154 e. The zero-order valence-electron chi connectivity index (χ0n) is 13.3. The van der Waals surface area contributed by atoms with E-state index in [0.29, 0.717) is 10.8 Å². The summed E-state index contributed by atoms with van der Waals surface area (Å²) >= 11 is 6.41. The van der Waals surface area contributed by atoms with E-state index in [9.17, 15) is 0 Å². The summed E-state index contributed by atoms with van der Waals surface area (Å²) < 4.78 is 1.88. The average molecular weight is 347 g/mol. The first kappa shape index (κ1) is 15.4. The second kappa shape index (κ2) is 6.79. The van der Waals surface area contributed by atoms with Gasteiger partial charge < -0.3 is 5.32 Å². The molecule has 4 rings (SSSR count). The summed E-state index contributed by atoms with van der Waals surface area (Å²) in [6.07, 6.45) is 1.74. The number of hydrogen-bond acceptors (Lipinski definition) is 3. The molecule has 0 saturated heterocycles. The molecule has 2 aromatic heterocycles. The lowest BCUT2D eigenvalue weighted by molar-refractivity contribution is 0.891. The van der Waals surface area contributed by atoms with Crippen LogP contribution in [0.4, 0.5) is 11.6 Å². The van der Waals surface area contributed by atoms with Crippen LogP contribution in [0.25, 0.3) is 16.9 Å². The summed E-state index contributed by atoms with van der Waals surface area (Å²) in [6, 6.07) is 25.4. The smallest absolute Gasteiger partial charge is 0.154 e. The second-order valence-electron chi connectivity index (χ2n) is 5.48. The molecule has 1 N–H and O–H groups in total. The van der Waals surface area contributed by atoms with Crippen molar-refractivity contribution in [3.8, 4) is 16.9 Å². The maximum atomic E-state index is 6.41. The zero-order chi connectivity index (χ0) is 17.1. The summed E-state index contributed by atoms with van der Waals surface area (Å²) in [5.41, 5.74) is 2.80. The van der Waals surface area contributed by atoms with Crippen molar-refractivity contribution in [2.45, 2.75) is 0 Å². The molecule has 4 nitrogen and oxygen atoms in total. The first-order valence-electron chi connectivity index (χ1n) is 7.90. The summed E-state index contributed by atoms with van der Waals surface area (Å²) in [7, 11) is 0. The monoisotopic (exact) mass is 346 g/mol. The Hall–Kier alpha value is -3.11. The van der Waals surface area contributed by atoms with E-state index < -0.39 is 0 Å². The largest absolute Gasteiger partial charge is 0.323 e. The highest BCUT2D eigenvalue weighted by molar-refractivity contribution is 6.33. The SMILES string of the molecule is Clc1ccccc1-c1cc(Nc2ccccn2)nn1-c1ccccc1. The van der Waals surface area contributed by atoms with Gasteiger partial charge in [0.05, 0.1) is 11.4 Å². The van der Waals surface area contributed by atoms with Gasteiger partial charge in [0, 0.05) is 22.8 Å². The number of aromatic nitrogens is 3. The molecule has 4 aromatic rings. The van der Waals surface area contributed by atoms with Crippen LogP contribution >= 0.6 is 11.6 Å². The van der Waals surface area contributed by atoms with Gasteiger partial charge in [-0.15, -0.1) is 5.10 Å². The number of nitrogens with one attached hydrogen (secondary N) is 1. The van der Waals surface area contributed by atoms with Crippen molar-refractivity contribution in [2.75, 3.05) is 5.32 Å². The Bertz CT molecular complexity index is 981. The highest BCUT2D eigenvalue weighted by Gasteiger charge is 2.14. The van der Waals surface area contributed by atoms with Gasteiger partial charge >= 0.3 is 0 Å². The van der Waals surface area contributed by atoms with Crippen LogP contribution in [0, 0.1) is 0 Å². The lowest BCUT2D eigenvalue weighted by Gasteiger charge is -2.08. The Balaban J connectivity index is 1.83. The number of para-hydroxylation sites is 1. The molecule has 2 heterocycles. The topological polar surface area (TPSA) is 42.7 Å². The van der Waals surface area contributed by atoms with Gasteiger partial charge in [0.1, 0.15) is 5.82 Å². The maximum absolute atomic E-state index is 6.41. The molecule has 25 heavy (non-hydrogen) atoms. The van der Waals surface area contributed by atoms with E-state index in [1.165, 1.54) is 0 Å². The molecule has 0 spiro atoms. The molecular weight excluding hydrogens is 332 g/mol. The lowest BCUT2D eigenvalue weighted by atomic mass is 10.1. The summed E-state index contributed by atoms with van der Waals surface area (Å²) in [5.74, 6) is 1.45. The van der Waals surface area contributed by atoms with Gasteiger partial charge in [-0.05, 0) is 30.3 Å². The number of hydrogen-bond donors (Lipinski definition) is 1. The van der Waals surface area contributed by atoms with Crippen LogP contribution in [0.1, 0.15) is 0 Å². The molecule has 0 aliphatic carbocycles. The van der Waals surface area contributed by atoms with Crippen molar-refractivity contribution in [3.63, 3.8) is 0 Å². The number of nitrogens with zero attached hydrogens (tertiary/aromatic N) is 3. The van der Waals surface area contributed by atoms with Crippen molar-refractivity contribution < 1.29 is 0 Å². The fourth-order valence-electron chi connectivity index (χ4n) is 2.64. The minimum atomic E-state index is 0.684. The molecule has 0 bridgehead atoms. The molecule has 5 heteroatoms. The molecular formula is C20H15ClN4. The molecule has 0 unspecified atom stereocenters. The third kappa shape index (κ3) is 3.25. The fraction of sp³-hybridized carbons (Fsp3) is 0. The van der Waals surface area contributed by atoms with E-state index in [1.54, 1.807) is 6.20 Å². The standard InChI is InChI=1S/C20H15ClN4/c21-17-11-5-4-10-16(17)18-14-20(23-19-12-6-7-13-22-19)24-25(18)15-8-2-1-3-9-15/h1-14H,(H,22,23,24). The van der Waals surface area contributed by atoms with Crippen LogP contribution in [0.5, 0.6) is 0 Å². The Labute approximate surface area is 150 Å². The van der Waals surface area contributed by atoms with Crippen LogP contribution in [0.3, 0.4) is 0 Å². The van der Waals surface area contributed by atoms with E-state index in [2.05, 4.69) is 10.3 Å². The van der Waals surface area contributed by atoms with Gasteiger partial charge in [-0.3, -0.25) is 0 Å².